The van der Waals surface area contributed by atoms with Gasteiger partial charge < -0.3 is 9.64 Å². The van der Waals surface area contributed by atoms with E-state index in [2.05, 4.69) is 29.8 Å². The molecule has 140 valence electrons. The van der Waals surface area contributed by atoms with Gasteiger partial charge in [-0.15, -0.1) is 0 Å². The van der Waals surface area contributed by atoms with Crippen LogP contribution in [0.25, 0.3) is 0 Å². The lowest BCUT2D eigenvalue weighted by molar-refractivity contribution is -0.159. The summed E-state index contributed by atoms with van der Waals surface area (Å²) in [6.45, 7) is 12.0. The van der Waals surface area contributed by atoms with Gasteiger partial charge in [0, 0.05) is 11.0 Å². The fourth-order valence-corrected chi connectivity index (χ4v) is 2.91. The lowest BCUT2D eigenvalue weighted by atomic mass is 9.89. The number of amides is 1. The molecule has 25 heavy (non-hydrogen) atoms. The molecule has 0 aliphatic carbocycles. The molecule has 0 saturated heterocycles. The molecule has 0 bridgehead atoms. The van der Waals surface area contributed by atoms with E-state index in [9.17, 15) is 9.59 Å². The van der Waals surface area contributed by atoms with E-state index in [1.165, 1.54) is 0 Å². The summed E-state index contributed by atoms with van der Waals surface area (Å²) in [5.74, 6) is -0.278. The molecule has 1 unspecified atom stereocenters. The molecule has 0 heterocycles. The van der Waals surface area contributed by atoms with Crippen molar-refractivity contribution in [3.8, 4) is 0 Å². The standard InChI is InChI=1S/C20H30BrNO3/c1-7-22(13-18(23)25-20(4,5)6)19(24)17(12-14(2)3)15-8-10-16(21)11-9-15/h8-11,14,17H,7,12-13H2,1-6H3. The predicted octanol–water partition coefficient (Wildman–Crippen LogP) is 4.77. The average Bonchev–Trinajstić information content (AvgIpc) is 2.48. The van der Waals surface area contributed by atoms with Crippen LogP contribution in [-0.2, 0) is 14.3 Å². The molecule has 4 nitrogen and oxygen atoms in total. The van der Waals surface area contributed by atoms with E-state index < -0.39 is 5.60 Å². The maximum absolute atomic E-state index is 13.1. The monoisotopic (exact) mass is 411 g/mol. The third kappa shape index (κ3) is 7.59. The van der Waals surface area contributed by atoms with Crippen LogP contribution in [0.3, 0.4) is 0 Å². The van der Waals surface area contributed by atoms with Gasteiger partial charge in [0.25, 0.3) is 0 Å². The smallest absolute Gasteiger partial charge is 0.326 e. The van der Waals surface area contributed by atoms with Gasteiger partial charge in [0.1, 0.15) is 12.1 Å². The maximum Gasteiger partial charge on any atom is 0.326 e. The van der Waals surface area contributed by atoms with E-state index in [4.69, 9.17) is 4.74 Å². The van der Waals surface area contributed by atoms with Crippen LogP contribution in [0.1, 0.15) is 59.4 Å². The molecule has 1 amide bonds. The number of hydrogen-bond acceptors (Lipinski definition) is 3. The van der Waals surface area contributed by atoms with E-state index in [1.54, 1.807) is 4.90 Å². The topological polar surface area (TPSA) is 46.6 Å². The molecule has 1 atom stereocenters. The number of likely N-dealkylation sites (N-methyl/N-ethyl adjacent to an activating group) is 1. The molecule has 1 aromatic carbocycles. The Hall–Kier alpha value is -1.36. The lowest BCUT2D eigenvalue weighted by Crippen LogP contribution is -2.41. The van der Waals surface area contributed by atoms with Crippen LogP contribution in [0.15, 0.2) is 28.7 Å². The minimum absolute atomic E-state index is 0.0161. The highest BCUT2D eigenvalue weighted by Gasteiger charge is 2.28. The Morgan fingerprint density at radius 1 is 1.16 bits per heavy atom. The predicted molar refractivity (Wildman–Crippen MR) is 104 cm³/mol. The number of benzene rings is 1. The Labute approximate surface area is 160 Å². The first kappa shape index (κ1) is 21.7. The van der Waals surface area contributed by atoms with Gasteiger partial charge in [-0.2, -0.15) is 0 Å². The van der Waals surface area contributed by atoms with E-state index in [1.807, 2.05) is 52.0 Å². The van der Waals surface area contributed by atoms with E-state index in [0.717, 1.165) is 16.5 Å². The van der Waals surface area contributed by atoms with Crippen molar-refractivity contribution < 1.29 is 14.3 Å². The van der Waals surface area contributed by atoms with Crippen molar-refractivity contribution in [2.75, 3.05) is 13.1 Å². The summed E-state index contributed by atoms with van der Waals surface area (Å²) >= 11 is 3.43. The van der Waals surface area contributed by atoms with Crippen molar-refractivity contribution >= 4 is 27.8 Å². The summed E-state index contributed by atoms with van der Waals surface area (Å²) < 4.78 is 6.34. The highest BCUT2D eigenvalue weighted by molar-refractivity contribution is 9.10. The number of carbonyl (C=O) groups is 2. The molecule has 0 radical (unpaired) electrons. The van der Waals surface area contributed by atoms with Gasteiger partial charge in [-0.3, -0.25) is 9.59 Å². The average molecular weight is 412 g/mol. The molecule has 0 saturated carbocycles. The molecular weight excluding hydrogens is 382 g/mol. The molecule has 0 fully saturated rings. The number of halogens is 1. The normalized spacial score (nSPS) is 12.8. The Morgan fingerprint density at radius 2 is 1.72 bits per heavy atom. The van der Waals surface area contributed by atoms with Crippen LogP contribution in [0.5, 0.6) is 0 Å². The van der Waals surface area contributed by atoms with Gasteiger partial charge in [0.15, 0.2) is 0 Å². The zero-order chi connectivity index (χ0) is 19.2. The first-order chi connectivity index (χ1) is 11.5. The molecule has 0 N–H and O–H groups in total. The maximum atomic E-state index is 13.1. The second-order valence-electron chi connectivity index (χ2n) is 7.67. The Bertz CT molecular complexity index is 576. The molecular formula is C20H30BrNO3. The van der Waals surface area contributed by atoms with Crippen molar-refractivity contribution in [1.82, 2.24) is 4.90 Å². The molecule has 0 aliphatic rings. The van der Waals surface area contributed by atoms with Gasteiger partial charge in [0.2, 0.25) is 5.91 Å². The minimum atomic E-state index is -0.553. The second kappa shape index (κ2) is 9.37. The highest BCUT2D eigenvalue weighted by atomic mass is 79.9. The number of carbonyl (C=O) groups excluding carboxylic acids is 2. The van der Waals surface area contributed by atoms with Crippen molar-refractivity contribution in [2.24, 2.45) is 5.92 Å². The number of nitrogens with zero attached hydrogens (tertiary/aromatic N) is 1. The molecule has 0 spiro atoms. The van der Waals surface area contributed by atoms with E-state index >= 15 is 0 Å². The summed E-state index contributed by atoms with van der Waals surface area (Å²) in [6.07, 6.45) is 0.741. The van der Waals surface area contributed by atoms with E-state index in [0.29, 0.717) is 12.5 Å². The van der Waals surface area contributed by atoms with Crippen LogP contribution >= 0.6 is 15.9 Å². The van der Waals surface area contributed by atoms with E-state index in [-0.39, 0.29) is 24.3 Å². The first-order valence-electron chi connectivity index (χ1n) is 8.79. The lowest BCUT2D eigenvalue weighted by Gasteiger charge is -2.28. The van der Waals surface area contributed by atoms with Gasteiger partial charge in [-0.05, 0) is 57.7 Å². The first-order valence-corrected chi connectivity index (χ1v) is 9.59. The quantitative estimate of drug-likeness (QED) is 0.606. The summed E-state index contributed by atoms with van der Waals surface area (Å²) in [7, 11) is 0. The number of rotatable bonds is 7. The van der Waals surface area contributed by atoms with Crippen molar-refractivity contribution in [3.05, 3.63) is 34.3 Å². The SMILES string of the molecule is CCN(CC(=O)OC(C)(C)C)C(=O)C(CC(C)C)c1ccc(Br)cc1. The third-order valence-electron chi connectivity index (χ3n) is 3.71. The zero-order valence-electron chi connectivity index (χ0n) is 16.1. The largest absolute Gasteiger partial charge is 0.459 e. The van der Waals surface area contributed by atoms with Crippen LogP contribution < -0.4 is 0 Å². The third-order valence-corrected chi connectivity index (χ3v) is 4.24. The van der Waals surface area contributed by atoms with Crippen LogP contribution in [0, 0.1) is 5.92 Å². The van der Waals surface area contributed by atoms with Gasteiger partial charge in [-0.25, -0.2) is 0 Å². The van der Waals surface area contributed by atoms with Crippen LogP contribution in [0.4, 0.5) is 0 Å². The molecule has 5 heteroatoms. The molecule has 1 rings (SSSR count). The van der Waals surface area contributed by atoms with Crippen molar-refractivity contribution in [2.45, 2.75) is 59.5 Å². The number of hydrogen-bond donors (Lipinski definition) is 0. The Morgan fingerprint density at radius 3 is 2.16 bits per heavy atom. The fourth-order valence-electron chi connectivity index (χ4n) is 2.64. The van der Waals surface area contributed by atoms with Gasteiger partial charge in [0.05, 0.1) is 5.92 Å². The van der Waals surface area contributed by atoms with Gasteiger partial charge >= 0.3 is 5.97 Å². The molecule has 0 aromatic heterocycles. The minimum Gasteiger partial charge on any atom is -0.459 e. The summed E-state index contributed by atoms with van der Waals surface area (Å²) in [4.78, 5) is 26.8. The second-order valence-corrected chi connectivity index (χ2v) is 8.59. The zero-order valence-corrected chi connectivity index (χ0v) is 17.7. The summed E-state index contributed by atoms with van der Waals surface area (Å²) in [5.41, 5.74) is 0.423. The molecule has 0 aliphatic heterocycles. The van der Waals surface area contributed by atoms with Gasteiger partial charge in [-0.1, -0.05) is 41.9 Å². The van der Waals surface area contributed by atoms with Crippen molar-refractivity contribution in [3.63, 3.8) is 0 Å². The van der Waals surface area contributed by atoms with Crippen molar-refractivity contribution in [1.29, 1.82) is 0 Å². The fraction of sp³-hybridized carbons (Fsp3) is 0.600. The summed E-state index contributed by atoms with van der Waals surface area (Å²) in [6, 6.07) is 7.83. The Balaban J connectivity index is 2.97. The highest BCUT2D eigenvalue weighted by Crippen LogP contribution is 2.27. The summed E-state index contributed by atoms with van der Waals surface area (Å²) in [5, 5.41) is 0. The molecule has 1 aromatic rings. The van der Waals surface area contributed by atoms with Crippen LogP contribution in [0.2, 0.25) is 0 Å². The number of esters is 1. The van der Waals surface area contributed by atoms with Crippen LogP contribution in [-0.4, -0.2) is 35.5 Å². The Kier molecular flexibility index (Phi) is 8.13. The number of ether oxygens (including phenoxy) is 1.